The first kappa shape index (κ1) is 23.5. The summed E-state index contributed by atoms with van der Waals surface area (Å²) in [6.45, 7) is 3.34. The molecule has 0 aromatic heterocycles. The summed E-state index contributed by atoms with van der Waals surface area (Å²) < 4.78 is 5.53. The van der Waals surface area contributed by atoms with E-state index in [1.807, 2.05) is 37.3 Å². The average molecular weight is 487 g/mol. The molecule has 2 bridgehead atoms. The lowest BCUT2D eigenvalue weighted by molar-refractivity contribution is -0.156. The van der Waals surface area contributed by atoms with E-state index in [2.05, 4.69) is 58.7 Å². The average Bonchev–Trinajstić information content (AvgIpc) is 2.90. The number of aliphatic carboxylic acids is 1. The van der Waals surface area contributed by atoms with Gasteiger partial charge in [0.1, 0.15) is 10.7 Å². The van der Waals surface area contributed by atoms with Crippen LogP contribution in [-0.4, -0.2) is 47.2 Å². The van der Waals surface area contributed by atoms with E-state index in [-0.39, 0.29) is 12.0 Å². The fourth-order valence-electron chi connectivity index (χ4n) is 6.24. The first-order valence-corrected chi connectivity index (χ1v) is 12.4. The molecule has 0 spiro atoms. The van der Waals surface area contributed by atoms with Crippen LogP contribution in [0.5, 0.6) is 5.75 Å². The second kappa shape index (κ2) is 9.44. The summed E-state index contributed by atoms with van der Waals surface area (Å²) in [4.78, 5) is 15.3. The molecule has 3 heterocycles. The van der Waals surface area contributed by atoms with Crippen molar-refractivity contribution in [1.82, 2.24) is 10.2 Å². The Morgan fingerprint density at radius 3 is 2.23 bits per heavy atom. The highest BCUT2D eigenvalue weighted by Crippen LogP contribution is 2.51. The Kier molecular flexibility index (Phi) is 6.34. The fourth-order valence-corrected chi connectivity index (χ4v) is 6.59. The minimum atomic E-state index is -0.746. The number of rotatable bonds is 6. The van der Waals surface area contributed by atoms with Crippen molar-refractivity contribution < 1.29 is 14.6 Å². The third kappa shape index (κ3) is 3.81. The minimum absolute atomic E-state index is 0.0817. The van der Waals surface area contributed by atoms with E-state index in [0.717, 1.165) is 41.0 Å². The third-order valence-corrected chi connectivity index (χ3v) is 8.16. The number of carboxylic acids is 1. The quantitative estimate of drug-likeness (QED) is 0.496. The van der Waals surface area contributed by atoms with Gasteiger partial charge >= 0.3 is 5.97 Å². The van der Waals surface area contributed by atoms with Crippen molar-refractivity contribution in [1.29, 1.82) is 0 Å². The normalized spacial score (nSPS) is 24.5. The topological polar surface area (TPSA) is 61.8 Å². The van der Waals surface area contributed by atoms with Crippen LogP contribution in [0.25, 0.3) is 0 Å². The Balaban J connectivity index is 1.68. The Bertz CT molecular complexity index is 1190. The monoisotopic (exact) mass is 486 g/mol. The van der Waals surface area contributed by atoms with Gasteiger partial charge in [0.2, 0.25) is 0 Å². The molecular weight excluding hydrogens is 456 g/mol. The highest BCUT2D eigenvalue weighted by atomic mass is 32.1. The van der Waals surface area contributed by atoms with E-state index >= 15 is 0 Å². The van der Waals surface area contributed by atoms with Crippen LogP contribution in [-0.2, 0) is 10.3 Å². The zero-order valence-electron chi connectivity index (χ0n) is 20.0. The Morgan fingerprint density at radius 2 is 1.66 bits per heavy atom. The van der Waals surface area contributed by atoms with Gasteiger partial charge in [-0.1, -0.05) is 85.0 Å². The predicted molar refractivity (Wildman–Crippen MR) is 141 cm³/mol. The standard InChI is InChI=1S/C29H30N2O3S/c1-19-22(14-9-15-25(19)34-2)27(35)30-26-23-16-17-31(18-24(23)28(32)33)29(26,20-10-5-3-6-11-20)21-12-7-4-8-13-21/h3-15,23-24,26H,16-18H2,1-2H3,(H,30,35)(H,32,33). The van der Waals surface area contributed by atoms with Crippen LogP contribution < -0.4 is 10.1 Å². The van der Waals surface area contributed by atoms with Crippen molar-refractivity contribution in [3.05, 3.63) is 101 Å². The van der Waals surface area contributed by atoms with E-state index in [4.69, 9.17) is 17.0 Å². The van der Waals surface area contributed by atoms with E-state index in [0.29, 0.717) is 11.5 Å². The second-order valence-corrected chi connectivity index (χ2v) is 9.83. The van der Waals surface area contributed by atoms with E-state index in [1.165, 1.54) is 0 Å². The largest absolute Gasteiger partial charge is 0.496 e. The van der Waals surface area contributed by atoms with Crippen molar-refractivity contribution in [2.45, 2.75) is 24.9 Å². The number of carbonyl (C=O) groups is 1. The maximum atomic E-state index is 12.4. The van der Waals surface area contributed by atoms with Gasteiger partial charge in [-0.3, -0.25) is 9.69 Å². The number of nitrogens with one attached hydrogen (secondary N) is 1. The van der Waals surface area contributed by atoms with Crippen molar-refractivity contribution in [3.63, 3.8) is 0 Å². The van der Waals surface area contributed by atoms with Gasteiger partial charge in [-0.2, -0.15) is 0 Å². The molecule has 0 saturated carbocycles. The molecule has 0 amide bonds. The van der Waals surface area contributed by atoms with Crippen LogP contribution in [0.1, 0.15) is 28.7 Å². The number of piperidine rings is 3. The number of hydrogen-bond donors (Lipinski definition) is 2. The van der Waals surface area contributed by atoms with Crippen LogP contribution >= 0.6 is 12.2 Å². The van der Waals surface area contributed by atoms with E-state index in [1.54, 1.807) is 7.11 Å². The molecule has 4 unspecified atom stereocenters. The summed E-state index contributed by atoms with van der Waals surface area (Å²) in [7, 11) is 1.66. The SMILES string of the molecule is COc1cccc(C(=S)NC2C3CCN(CC3C(=O)O)C2(c2ccccc2)c2ccccc2)c1C. The van der Waals surface area contributed by atoms with Gasteiger partial charge in [-0.05, 0) is 43.0 Å². The first-order valence-electron chi connectivity index (χ1n) is 12.0. The summed E-state index contributed by atoms with van der Waals surface area (Å²) in [5.41, 5.74) is 3.60. The first-order chi connectivity index (χ1) is 17.0. The molecule has 0 radical (unpaired) electrons. The molecule has 5 nitrogen and oxygen atoms in total. The summed E-state index contributed by atoms with van der Waals surface area (Å²) in [6, 6.07) is 26.5. The zero-order chi connectivity index (χ0) is 24.6. The summed E-state index contributed by atoms with van der Waals surface area (Å²) in [5, 5.41) is 13.9. The molecule has 3 saturated heterocycles. The molecular formula is C29H30N2O3S. The molecule has 6 rings (SSSR count). The lowest BCUT2D eigenvalue weighted by atomic mass is 9.60. The maximum Gasteiger partial charge on any atom is 0.308 e. The van der Waals surface area contributed by atoms with Gasteiger partial charge in [-0.25, -0.2) is 0 Å². The number of thiocarbonyl (C=S) groups is 1. The molecule has 3 fully saturated rings. The van der Waals surface area contributed by atoms with E-state index < -0.39 is 17.4 Å². The molecule has 0 aliphatic carbocycles. The van der Waals surface area contributed by atoms with Gasteiger partial charge in [0.05, 0.1) is 24.6 Å². The van der Waals surface area contributed by atoms with Gasteiger partial charge < -0.3 is 15.2 Å². The van der Waals surface area contributed by atoms with Crippen LogP contribution in [0, 0.1) is 18.8 Å². The van der Waals surface area contributed by atoms with Gasteiger partial charge in [0.25, 0.3) is 0 Å². The number of ether oxygens (including phenoxy) is 1. The predicted octanol–water partition coefficient (Wildman–Crippen LogP) is 4.62. The molecule has 3 aliphatic rings. The number of methoxy groups -OCH3 is 1. The smallest absolute Gasteiger partial charge is 0.308 e. The number of carboxylic acid groups (broad SMARTS) is 1. The lowest BCUT2D eigenvalue weighted by Crippen LogP contribution is -2.73. The Labute approximate surface area is 211 Å². The molecule has 3 aromatic rings. The molecule has 35 heavy (non-hydrogen) atoms. The minimum Gasteiger partial charge on any atom is -0.496 e. The Morgan fingerprint density at radius 1 is 1.03 bits per heavy atom. The molecule has 4 atom stereocenters. The van der Waals surface area contributed by atoms with Crippen LogP contribution in [0.15, 0.2) is 78.9 Å². The highest BCUT2D eigenvalue weighted by Gasteiger charge is 2.60. The number of benzene rings is 3. The van der Waals surface area contributed by atoms with Gasteiger partial charge in [0.15, 0.2) is 0 Å². The number of fused-ring (bicyclic) bond motifs is 3. The second-order valence-electron chi connectivity index (χ2n) is 9.43. The van der Waals surface area contributed by atoms with E-state index in [9.17, 15) is 9.90 Å². The van der Waals surface area contributed by atoms with Crippen LogP contribution in [0.3, 0.4) is 0 Å². The number of nitrogens with zero attached hydrogens (tertiary/aromatic N) is 1. The molecule has 2 N–H and O–H groups in total. The van der Waals surface area contributed by atoms with Crippen LogP contribution in [0.4, 0.5) is 0 Å². The maximum absolute atomic E-state index is 12.4. The Hall–Kier alpha value is -3.22. The van der Waals surface area contributed by atoms with Crippen molar-refractivity contribution >= 4 is 23.2 Å². The highest BCUT2D eigenvalue weighted by molar-refractivity contribution is 7.80. The molecule has 3 aromatic carbocycles. The van der Waals surface area contributed by atoms with Crippen molar-refractivity contribution in [3.8, 4) is 5.75 Å². The lowest BCUT2D eigenvalue weighted by Gasteiger charge is -2.61. The summed E-state index contributed by atoms with van der Waals surface area (Å²) in [6.07, 6.45) is 0.801. The molecule has 3 aliphatic heterocycles. The van der Waals surface area contributed by atoms with Crippen LogP contribution in [0.2, 0.25) is 0 Å². The molecule has 180 valence electrons. The summed E-state index contributed by atoms with van der Waals surface area (Å²) in [5.74, 6) is -0.510. The number of hydrogen-bond acceptors (Lipinski definition) is 4. The zero-order valence-corrected chi connectivity index (χ0v) is 20.8. The van der Waals surface area contributed by atoms with Crippen molar-refractivity contribution in [2.75, 3.05) is 20.2 Å². The third-order valence-electron chi connectivity index (χ3n) is 7.82. The van der Waals surface area contributed by atoms with Crippen molar-refractivity contribution in [2.24, 2.45) is 11.8 Å². The fraction of sp³-hybridized carbons (Fsp3) is 0.310. The summed E-state index contributed by atoms with van der Waals surface area (Å²) >= 11 is 5.99. The van der Waals surface area contributed by atoms with Gasteiger partial charge in [0, 0.05) is 17.7 Å². The van der Waals surface area contributed by atoms with Gasteiger partial charge in [-0.15, -0.1) is 0 Å². The molecule has 6 heteroatoms.